The van der Waals surface area contributed by atoms with E-state index in [1.54, 1.807) is 0 Å². The summed E-state index contributed by atoms with van der Waals surface area (Å²) in [6.45, 7) is 11.3. The third-order valence-corrected chi connectivity index (χ3v) is 6.36. The maximum atomic E-state index is 6.34. The van der Waals surface area contributed by atoms with E-state index in [2.05, 4.69) is 21.3 Å². The zero-order valence-electron chi connectivity index (χ0n) is 17.4. The number of hydrogen-bond donors (Lipinski definition) is 4. The summed E-state index contributed by atoms with van der Waals surface area (Å²) < 4.78 is 30.6. The average molecular weight is 415 g/mol. The standard InChI is InChI=1S/C20H38N4O5/c1-5-26-17(9-21-1)15(18-10-22-2-6-27-18)13-25-14-16(19-11-23-3-7-28-19)20-12-24-4-8-29-20/h15-24H,1-14H2. The monoisotopic (exact) mass is 414 g/mol. The Kier molecular flexibility index (Phi) is 8.95. The van der Waals surface area contributed by atoms with Crippen molar-refractivity contribution in [3.63, 3.8) is 0 Å². The maximum absolute atomic E-state index is 6.34. The van der Waals surface area contributed by atoms with E-state index in [9.17, 15) is 0 Å². The van der Waals surface area contributed by atoms with Gasteiger partial charge in [-0.15, -0.1) is 0 Å². The van der Waals surface area contributed by atoms with E-state index in [1.165, 1.54) is 0 Å². The molecule has 4 N–H and O–H groups in total. The van der Waals surface area contributed by atoms with Crippen LogP contribution in [-0.2, 0) is 23.7 Å². The first-order chi connectivity index (χ1) is 14.4. The summed E-state index contributed by atoms with van der Waals surface area (Å²) in [6, 6.07) is 0. The molecule has 4 unspecified atom stereocenters. The van der Waals surface area contributed by atoms with E-state index < -0.39 is 0 Å². The molecule has 9 nitrogen and oxygen atoms in total. The van der Waals surface area contributed by atoms with Crippen LogP contribution in [0.4, 0.5) is 0 Å². The highest BCUT2D eigenvalue weighted by atomic mass is 16.5. The fourth-order valence-electron chi connectivity index (χ4n) is 4.69. The summed E-state index contributed by atoms with van der Waals surface area (Å²) in [7, 11) is 0. The van der Waals surface area contributed by atoms with Crippen LogP contribution in [0.15, 0.2) is 0 Å². The smallest absolute Gasteiger partial charge is 0.0775 e. The van der Waals surface area contributed by atoms with Gasteiger partial charge in [0, 0.05) is 64.2 Å². The Labute approximate surface area is 173 Å². The van der Waals surface area contributed by atoms with Gasteiger partial charge < -0.3 is 45.0 Å². The molecule has 0 aromatic rings. The van der Waals surface area contributed by atoms with Gasteiger partial charge in [-0.3, -0.25) is 0 Å². The van der Waals surface area contributed by atoms with Crippen LogP contribution in [0.5, 0.6) is 0 Å². The number of ether oxygens (including phenoxy) is 5. The lowest BCUT2D eigenvalue weighted by atomic mass is 9.93. The van der Waals surface area contributed by atoms with Crippen LogP contribution >= 0.6 is 0 Å². The van der Waals surface area contributed by atoms with Crippen molar-refractivity contribution in [1.29, 1.82) is 0 Å². The fourth-order valence-corrected chi connectivity index (χ4v) is 4.69. The first-order valence-corrected chi connectivity index (χ1v) is 11.3. The van der Waals surface area contributed by atoms with Crippen LogP contribution < -0.4 is 21.3 Å². The third kappa shape index (κ3) is 6.32. The van der Waals surface area contributed by atoms with Crippen molar-refractivity contribution < 1.29 is 23.7 Å². The molecule has 29 heavy (non-hydrogen) atoms. The Morgan fingerprint density at radius 3 is 1.10 bits per heavy atom. The van der Waals surface area contributed by atoms with Gasteiger partial charge in [0.2, 0.25) is 0 Å². The molecule has 4 aliphatic rings. The van der Waals surface area contributed by atoms with Crippen molar-refractivity contribution in [3.8, 4) is 0 Å². The third-order valence-electron chi connectivity index (χ3n) is 6.36. The lowest BCUT2D eigenvalue weighted by Gasteiger charge is -2.39. The highest BCUT2D eigenvalue weighted by Gasteiger charge is 2.36. The van der Waals surface area contributed by atoms with Crippen molar-refractivity contribution in [2.45, 2.75) is 24.4 Å². The first kappa shape index (κ1) is 21.9. The van der Waals surface area contributed by atoms with Crippen molar-refractivity contribution in [2.75, 3.05) is 92.0 Å². The number of morpholine rings is 4. The van der Waals surface area contributed by atoms with Gasteiger partial charge in [0.25, 0.3) is 0 Å². The molecule has 4 atom stereocenters. The van der Waals surface area contributed by atoms with Crippen LogP contribution in [0, 0.1) is 11.8 Å². The molecule has 168 valence electrons. The minimum Gasteiger partial charge on any atom is -0.380 e. The molecule has 0 radical (unpaired) electrons. The number of rotatable bonds is 8. The van der Waals surface area contributed by atoms with Crippen molar-refractivity contribution >= 4 is 0 Å². The normalized spacial score (nSPS) is 36.4. The Balaban J connectivity index is 1.34. The van der Waals surface area contributed by atoms with Crippen LogP contribution in [-0.4, -0.2) is 116 Å². The van der Waals surface area contributed by atoms with Gasteiger partial charge in [-0.1, -0.05) is 0 Å². The number of hydrogen-bond acceptors (Lipinski definition) is 9. The molecule has 0 aromatic carbocycles. The van der Waals surface area contributed by atoms with Gasteiger partial charge in [-0.05, 0) is 0 Å². The molecule has 0 aromatic heterocycles. The summed E-state index contributed by atoms with van der Waals surface area (Å²) in [5.41, 5.74) is 0. The largest absolute Gasteiger partial charge is 0.380 e. The fraction of sp³-hybridized carbons (Fsp3) is 1.00. The molecule has 0 amide bonds. The predicted octanol–water partition coefficient (Wildman–Crippen LogP) is -1.81. The summed E-state index contributed by atoms with van der Waals surface area (Å²) >= 11 is 0. The second-order valence-electron chi connectivity index (χ2n) is 8.32. The molecule has 0 saturated carbocycles. The van der Waals surface area contributed by atoms with E-state index in [-0.39, 0.29) is 36.3 Å². The predicted molar refractivity (Wildman–Crippen MR) is 108 cm³/mol. The van der Waals surface area contributed by atoms with Crippen molar-refractivity contribution in [3.05, 3.63) is 0 Å². The molecule has 4 fully saturated rings. The van der Waals surface area contributed by atoms with Gasteiger partial charge in [-0.2, -0.15) is 0 Å². The summed E-state index contributed by atoms with van der Waals surface area (Å²) in [5, 5.41) is 13.8. The minimum atomic E-state index is 0.118. The second kappa shape index (κ2) is 11.9. The quantitative estimate of drug-likeness (QED) is 0.367. The van der Waals surface area contributed by atoms with Gasteiger partial charge in [0.1, 0.15) is 0 Å². The Morgan fingerprint density at radius 2 is 0.862 bits per heavy atom. The SMILES string of the molecule is C1COC(C(COCC(C2CNCCO2)C2CNCCO2)C2CNCCO2)CN1. The lowest BCUT2D eigenvalue weighted by Crippen LogP contribution is -2.54. The molecule has 9 heteroatoms. The maximum Gasteiger partial charge on any atom is 0.0775 e. The molecule has 0 spiro atoms. The zero-order chi connectivity index (χ0) is 19.7. The van der Waals surface area contributed by atoms with E-state index in [4.69, 9.17) is 23.7 Å². The minimum absolute atomic E-state index is 0.118. The summed E-state index contributed by atoms with van der Waals surface area (Å²) in [6.07, 6.45) is 0.471. The Bertz CT molecular complexity index is 374. The van der Waals surface area contributed by atoms with E-state index >= 15 is 0 Å². The topological polar surface area (TPSA) is 94.3 Å². The van der Waals surface area contributed by atoms with E-state index in [0.717, 1.165) is 78.8 Å². The van der Waals surface area contributed by atoms with Crippen LogP contribution in [0.25, 0.3) is 0 Å². The van der Waals surface area contributed by atoms with Gasteiger partial charge in [0.15, 0.2) is 0 Å². The Morgan fingerprint density at radius 1 is 0.552 bits per heavy atom. The molecule has 4 rings (SSSR count). The van der Waals surface area contributed by atoms with E-state index in [1.807, 2.05) is 0 Å². The van der Waals surface area contributed by atoms with Gasteiger partial charge >= 0.3 is 0 Å². The molecule has 4 saturated heterocycles. The Hall–Kier alpha value is -0.360. The van der Waals surface area contributed by atoms with Gasteiger partial charge in [0.05, 0.1) is 64.1 Å². The molecular formula is C20H38N4O5. The lowest BCUT2D eigenvalue weighted by molar-refractivity contribution is -0.132. The van der Waals surface area contributed by atoms with E-state index in [0.29, 0.717) is 13.2 Å². The molecule has 0 aliphatic carbocycles. The van der Waals surface area contributed by atoms with Crippen molar-refractivity contribution in [2.24, 2.45) is 11.8 Å². The van der Waals surface area contributed by atoms with Crippen LogP contribution in [0.1, 0.15) is 0 Å². The number of nitrogens with one attached hydrogen (secondary N) is 4. The van der Waals surface area contributed by atoms with Crippen LogP contribution in [0.3, 0.4) is 0 Å². The van der Waals surface area contributed by atoms with Gasteiger partial charge in [-0.25, -0.2) is 0 Å². The first-order valence-electron chi connectivity index (χ1n) is 11.3. The average Bonchev–Trinajstić information content (AvgIpc) is 2.81. The van der Waals surface area contributed by atoms with Crippen LogP contribution in [0.2, 0.25) is 0 Å². The highest BCUT2D eigenvalue weighted by molar-refractivity contribution is 4.87. The highest BCUT2D eigenvalue weighted by Crippen LogP contribution is 2.23. The molecule has 4 aliphatic heterocycles. The summed E-state index contributed by atoms with van der Waals surface area (Å²) in [4.78, 5) is 0. The summed E-state index contributed by atoms with van der Waals surface area (Å²) in [5.74, 6) is 0.402. The molecular weight excluding hydrogens is 376 g/mol. The zero-order valence-corrected chi connectivity index (χ0v) is 17.4. The molecule has 0 bridgehead atoms. The second-order valence-corrected chi connectivity index (χ2v) is 8.32. The molecule has 4 heterocycles. The van der Waals surface area contributed by atoms with Crippen molar-refractivity contribution in [1.82, 2.24) is 21.3 Å².